The molecule has 0 aromatic heterocycles. The van der Waals surface area contributed by atoms with Gasteiger partial charge in [0.15, 0.2) is 0 Å². The third-order valence-corrected chi connectivity index (χ3v) is 5.12. The van der Waals surface area contributed by atoms with Crippen LogP contribution in [0, 0.1) is 17.1 Å². The van der Waals surface area contributed by atoms with E-state index in [0.717, 1.165) is 38.3 Å². The third kappa shape index (κ3) is 4.00. The minimum atomic E-state index is -0.169. The first-order valence-corrected chi connectivity index (χ1v) is 8.58. The molecule has 4 heteroatoms. The van der Waals surface area contributed by atoms with Crippen molar-refractivity contribution in [3.05, 3.63) is 71.0 Å². The molecule has 24 heavy (non-hydrogen) atoms. The zero-order valence-corrected chi connectivity index (χ0v) is 14.1. The lowest BCUT2D eigenvalue weighted by molar-refractivity contribution is -1.03. The van der Waals surface area contributed by atoms with Crippen molar-refractivity contribution in [2.75, 3.05) is 26.2 Å². The summed E-state index contributed by atoms with van der Waals surface area (Å²) in [5.41, 5.74) is 3.22. The van der Waals surface area contributed by atoms with Gasteiger partial charge in [-0.05, 0) is 31.2 Å². The molecule has 2 N–H and O–H groups in total. The molecule has 1 saturated heterocycles. The Kier molecular flexibility index (Phi) is 5.24. The fourth-order valence-electron chi connectivity index (χ4n) is 3.51. The highest BCUT2D eigenvalue weighted by molar-refractivity contribution is 5.31. The Balaban J connectivity index is 1.53. The molecule has 3 nitrogen and oxygen atoms in total. The molecule has 1 atom stereocenters. The lowest BCUT2D eigenvalue weighted by Gasteiger charge is -2.33. The van der Waals surface area contributed by atoms with Crippen LogP contribution in [0.1, 0.15) is 29.7 Å². The largest absolute Gasteiger partial charge is 0.322 e. The van der Waals surface area contributed by atoms with E-state index in [-0.39, 0.29) is 5.82 Å². The van der Waals surface area contributed by atoms with Crippen LogP contribution < -0.4 is 9.80 Å². The Bertz CT molecular complexity index is 695. The van der Waals surface area contributed by atoms with Gasteiger partial charge in [0.05, 0.1) is 11.6 Å². The van der Waals surface area contributed by atoms with E-state index in [1.165, 1.54) is 11.1 Å². The number of piperazine rings is 1. The number of nitrogens with one attached hydrogen (secondary N) is 2. The number of halogens is 1. The molecule has 0 unspecified atom stereocenters. The molecule has 0 spiro atoms. The molecular weight excluding hydrogens is 301 g/mol. The average molecular weight is 325 g/mol. The first-order valence-electron chi connectivity index (χ1n) is 8.58. The molecule has 3 rings (SSSR count). The molecule has 1 aliphatic rings. The van der Waals surface area contributed by atoms with Crippen LogP contribution in [0.25, 0.3) is 0 Å². The zero-order valence-electron chi connectivity index (χ0n) is 14.1. The van der Waals surface area contributed by atoms with Crippen molar-refractivity contribution in [2.45, 2.75) is 19.5 Å². The molecule has 0 amide bonds. The molecule has 0 aliphatic carbocycles. The Morgan fingerprint density at radius 3 is 2.21 bits per heavy atom. The summed E-state index contributed by atoms with van der Waals surface area (Å²) in [6, 6.07) is 17.4. The van der Waals surface area contributed by atoms with E-state index in [0.29, 0.717) is 6.04 Å². The summed E-state index contributed by atoms with van der Waals surface area (Å²) < 4.78 is 13.1. The fraction of sp³-hybridized carbons (Fsp3) is 0.350. The highest BCUT2D eigenvalue weighted by atomic mass is 19.1. The third-order valence-electron chi connectivity index (χ3n) is 5.12. The van der Waals surface area contributed by atoms with Crippen molar-refractivity contribution in [3.8, 4) is 6.07 Å². The minimum Gasteiger partial charge on any atom is -0.322 e. The predicted molar refractivity (Wildman–Crippen MR) is 91.1 cm³/mol. The Morgan fingerprint density at radius 1 is 1.00 bits per heavy atom. The molecule has 0 bridgehead atoms. The number of hydrogen-bond donors (Lipinski definition) is 2. The SMILES string of the molecule is C[C@H](c1ccc(F)cc1)[NH+]1CC[NH+](Cc2ccc(C#N)cc2)CC1. The van der Waals surface area contributed by atoms with Crippen LogP contribution >= 0.6 is 0 Å². The van der Waals surface area contributed by atoms with E-state index < -0.39 is 0 Å². The van der Waals surface area contributed by atoms with Crippen LogP contribution in [0.15, 0.2) is 48.5 Å². The molecule has 1 aliphatic heterocycles. The van der Waals surface area contributed by atoms with Gasteiger partial charge in [-0.25, -0.2) is 4.39 Å². The Morgan fingerprint density at radius 2 is 1.62 bits per heavy atom. The van der Waals surface area contributed by atoms with Gasteiger partial charge in [0.1, 0.15) is 44.6 Å². The van der Waals surface area contributed by atoms with Gasteiger partial charge in [-0.1, -0.05) is 24.3 Å². The second kappa shape index (κ2) is 7.57. The van der Waals surface area contributed by atoms with Crippen molar-refractivity contribution >= 4 is 0 Å². The van der Waals surface area contributed by atoms with E-state index in [9.17, 15) is 4.39 Å². The van der Waals surface area contributed by atoms with Gasteiger partial charge in [0.25, 0.3) is 0 Å². The van der Waals surface area contributed by atoms with Gasteiger partial charge in [0, 0.05) is 11.1 Å². The number of nitrogens with zero attached hydrogens (tertiary/aromatic N) is 1. The molecule has 2 aromatic carbocycles. The molecule has 0 saturated carbocycles. The summed E-state index contributed by atoms with van der Waals surface area (Å²) in [5.74, 6) is -0.169. The quantitative estimate of drug-likeness (QED) is 0.854. The van der Waals surface area contributed by atoms with E-state index in [2.05, 4.69) is 25.1 Å². The van der Waals surface area contributed by atoms with E-state index in [4.69, 9.17) is 5.26 Å². The normalized spacial score (nSPS) is 21.9. The smallest absolute Gasteiger partial charge is 0.127 e. The number of nitriles is 1. The standard InChI is InChI=1S/C20H22FN3/c1-16(19-6-8-20(21)9-7-19)24-12-10-23(11-13-24)15-18-4-2-17(14-22)3-5-18/h2-9,16H,10-13,15H2,1H3/p+2/t16-/m1/s1. The fourth-order valence-corrected chi connectivity index (χ4v) is 3.51. The maximum Gasteiger partial charge on any atom is 0.127 e. The van der Waals surface area contributed by atoms with Gasteiger partial charge in [-0.15, -0.1) is 0 Å². The highest BCUT2D eigenvalue weighted by Gasteiger charge is 2.27. The number of hydrogen-bond acceptors (Lipinski definition) is 1. The average Bonchev–Trinajstić information content (AvgIpc) is 2.63. The molecule has 0 radical (unpaired) electrons. The Hall–Kier alpha value is -2.22. The summed E-state index contributed by atoms with van der Waals surface area (Å²) >= 11 is 0. The lowest BCUT2D eigenvalue weighted by atomic mass is 10.1. The number of benzene rings is 2. The van der Waals surface area contributed by atoms with Gasteiger partial charge in [-0.3, -0.25) is 0 Å². The van der Waals surface area contributed by atoms with Crippen LogP contribution in [0.5, 0.6) is 0 Å². The maximum atomic E-state index is 13.1. The van der Waals surface area contributed by atoms with Crippen LogP contribution in [0.4, 0.5) is 4.39 Å². The minimum absolute atomic E-state index is 0.169. The Labute approximate surface area is 142 Å². The molecular formula is C20H24FN3+2. The van der Waals surface area contributed by atoms with E-state index >= 15 is 0 Å². The summed E-state index contributed by atoms with van der Waals surface area (Å²) in [7, 11) is 0. The summed E-state index contributed by atoms with van der Waals surface area (Å²) in [4.78, 5) is 3.17. The molecule has 124 valence electrons. The molecule has 1 heterocycles. The predicted octanol–water partition coefficient (Wildman–Crippen LogP) is 0.742. The highest BCUT2D eigenvalue weighted by Crippen LogP contribution is 2.10. The monoisotopic (exact) mass is 325 g/mol. The zero-order chi connectivity index (χ0) is 16.9. The van der Waals surface area contributed by atoms with Crippen molar-refractivity contribution < 1.29 is 14.2 Å². The van der Waals surface area contributed by atoms with Crippen LogP contribution in [-0.2, 0) is 6.54 Å². The first-order chi connectivity index (χ1) is 11.7. The molecule has 2 aromatic rings. The molecule has 1 fully saturated rings. The van der Waals surface area contributed by atoms with Gasteiger partial charge < -0.3 is 9.80 Å². The van der Waals surface area contributed by atoms with Gasteiger partial charge in [-0.2, -0.15) is 5.26 Å². The second-order valence-electron chi connectivity index (χ2n) is 6.67. The van der Waals surface area contributed by atoms with Gasteiger partial charge >= 0.3 is 0 Å². The van der Waals surface area contributed by atoms with Crippen molar-refractivity contribution in [3.63, 3.8) is 0 Å². The number of rotatable bonds is 4. The lowest BCUT2D eigenvalue weighted by Crippen LogP contribution is -3.27. The van der Waals surface area contributed by atoms with Crippen LogP contribution in [0.2, 0.25) is 0 Å². The second-order valence-corrected chi connectivity index (χ2v) is 6.67. The number of quaternary nitrogens is 2. The van der Waals surface area contributed by atoms with Crippen molar-refractivity contribution in [1.82, 2.24) is 0 Å². The van der Waals surface area contributed by atoms with E-state index in [1.54, 1.807) is 21.9 Å². The maximum absolute atomic E-state index is 13.1. The van der Waals surface area contributed by atoms with Crippen molar-refractivity contribution in [1.29, 1.82) is 5.26 Å². The topological polar surface area (TPSA) is 32.7 Å². The first kappa shape index (κ1) is 16.6. The van der Waals surface area contributed by atoms with Crippen molar-refractivity contribution in [2.24, 2.45) is 0 Å². The summed E-state index contributed by atoms with van der Waals surface area (Å²) in [6.07, 6.45) is 0. The summed E-state index contributed by atoms with van der Waals surface area (Å²) in [6.45, 7) is 7.79. The van der Waals surface area contributed by atoms with Gasteiger partial charge in [0.2, 0.25) is 0 Å². The van der Waals surface area contributed by atoms with Crippen LogP contribution in [0.3, 0.4) is 0 Å². The van der Waals surface area contributed by atoms with Crippen LogP contribution in [-0.4, -0.2) is 26.2 Å². The summed E-state index contributed by atoms with van der Waals surface area (Å²) in [5, 5.41) is 8.86. The van der Waals surface area contributed by atoms with E-state index in [1.807, 2.05) is 24.3 Å².